The van der Waals surface area contributed by atoms with Crippen LogP contribution in [0.2, 0.25) is 5.02 Å². The molecule has 0 saturated heterocycles. The number of nitrogens with two attached hydrogens (primary N) is 1. The summed E-state index contributed by atoms with van der Waals surface area (Å²) in [5.41, 5.74) is 5.72. The molecule has 5 nitrogen and oxygen atoms in total. The lowest BCUT2D eigenvalue weighted by molar-refractivity contribution is -0.121. The Bertz CT molecular complexity index is 602. The SMILES string of the molecule is CCC(C)NC(=O)C(C)S(=O)(=O)c1ccc(Cl)cc1N. The summed E-state index contributed by atoms with van der Waals surface area (Å²) < 4.78 is 24.8. The zero-order valence-electron chi connectivity index (χ0n) is 11.7. The minimum Gasteiger partial charge on any atom is -0.398 e. The van der Waals surface area contributed by atoms with E-state index < -0.39 is 21.0 Å². The molecule has 0 spiro atoms. The Morgan fingerprint density at radius 2 is 2.00 bits per heavy atom. The number of hydrogen-bond donors (Lipinski definition) is 2. The van der Waals surface area contributed by atoms with Gasteiger partial charge in [-0.25, -0.2) is 8.42 Å². The van der Waals surface area contributed by atoms with Crippen molar-refractivity contribution in [2.45, 2.75) is 43.4 Å². The van der Waals surface area contributed by atoms with Crippen molar-refractivity contribution in [1.82, 2.24) is 5.32 Å². The summed E-state index contributed by atoms with van der Waals surface area (Å²) in [5.74, 6) is -0.534. The molecule has 0 aliphatic heterocycles. The van der Waals surface area contributed by atoms with Crippen molar-refractivity contribution < 1.29 is 13.2 Å². The van der Waals surface area contributed by atoms with E-state index in [1.807, 2.05) is 13.8 Å². The Labute approximate surface area is 124 Å². The fourth-order valence-electron chi connectivity index (χ4n) is 1.57. The van der Waals surface area contributed by atoms with Gasteiger partial charge in [-0.15, -0.1) is 0 Å². The first kappa shape index (κ1) is 16.8. The van der Waals surface area contributed by atoms with Crippen LogP contribution in [-0.4, -0.2) is 25.6 Å². The van der Waals surface area contributed by atoms with Gasteiger partial charge in [0.05, 0.1) is 10.6 Å². The molecule has 1 amide bonds. The van der Waals surface area contributed by atoms with Gasteiger partial charge in [-0.1, -0.05) is 18.5 Å². The topological polar surface area (TPSA) is 89.3 Å². The predicted octanol–water partition coefficient (Wildman–Crippen LogP) is 2.00. The Kier molecular flexibility index (Phi) is 5.42. The Hall–Kier alpha value is -1.27. The van der Waals surface area contributed by atoms with E-state index in [0.29, 0.717) is 5.02 Å². The molecule has 3 N–H and O–H groups in total. The predicted molar refractivity (Wildman–Crippen MR) is 80.4 cm³/mol. The number of benzene rings is 1. The fourth-order valence-corrected chi connectivity index (χ4v) is 3.13. The summed E-state index contributed by atoms with van der Waals surface area (Å²) >= 11 is 5.74. The zero-order valence-corrected chi connectivity index (χ0v) is 13.3. The molecule has 7 heteroatoms. The van der Waals surface area contributed by atoms with E-state index >= 15 is 0 Å². The summed E-state index contributed by atoms with van der Waals surface area (Å²) in [6.45, 7) is 5.07. The molecule has 0 fully saturated rings. The van der Waals surface area contributed by atoms with Crippen LogP contribution in [0.15, 0.2) is 23.1 Å². The van der Waals surface area contributed by atoms with E-state index in [1.54, 1.807) is 0 Å². The normalized spacial score (nSPS) is 14.6. The van der Waals surface area contributed by atoms with Crippen LogP contribution in [0.3, 0.4) is 0 Å². The molecule has 0 radical (unpaired) electrons. The van der Waals surface area contributed by atoms with Crippen molar-refractivity contribution in [3.8, 4) is 0 Å². The van der Waals surface area contributed by atoms with Crippen LogP contribution >= 0.6 is 11.6 Å². The van der Waals surface area contributed by atoms with E-state index in [9.17, 15) is 13.2 Å². The second-order valence-electron chi connectivity index (χ2n) is 4.69. The highest BCUT2D eigenvalue weighted by atomic mass is 35.5. The van der Waals surface area contributed by atoms with Gasteiger partial charge in [-0.2, -0.15) is 0 Å². The van der Waals surface area contributed by atoms with Crippen LogP contribution < -0.4 is 11.1 Å². The average Bonchev–Trinajstić information content (AvgIpc) is 2.36. The molecule has 0 aliphatic carbocycles. The fraction of sp³-hybridized carbons (Fsp3) is 0.462. The number of anilines is 1. The van der Waals surface area contributed by atoms with E-state index in [-0.39, 0.29) is 16.6 Å². The number of halogens is 1. The Morgan fingerprint density at radius 3 is 2.50 bits per heavy atom. The first-order chi connectivity index (χ1) is 9.20. The lowest BCUT2D eigenvalue weighted by Gasteiger charge is -2.17. The third kappa shape index (κ3) is 3.64. The first-order valence-corrected chi connectivity index (χ1v) is 8.21. The van der Waals surface area contributed by atoms with Crippen LogP contribution in [0, 0.1) is 0 Å². The number of nitrogens with one attached hydrogen (secondary N) is 1. The smallest absolute Gasteiger partial charge is 0.238 e. The molecular formula is C13H19ClN2O3S. The number of sulfone groups is 1. The lowest BCUT2D eigenvalue weighted by Crippen LogP contribution is -2.42. The van der Waals surface area contributed by atoms with E-state index in [4.69, 9.17) is 17.3 Å². The number of nitrogen functional groups attached to an aromatic ring is 1. The Morgan fingerprint density at radius 1 is 1.40 bits per heavy atom. The van der Waals surface area contributed by atoms with Crippen LogP contribution in [0.5, 0.6) is 0 Å². The average molecular weight is 319 g/mol. The second-order valence-corrected chi connectivity index (χ2v) is 7.36. The molecule has 0 heterocycles. The molecule has 0 saturated carbocycles. The molecule has 1 aromatic rings. The minimum atomic E-state index is -3.84. The van der Waals surface area contributed by atoms with Gasteiger partial charge >= 0.3 is 0 Å². The van der Waals surface area contributed by atoms with Crippen molar-refractivity contribution in [1.29, 1.82) is 0 Å². The lowest BCUT2D eigenvalue weighted by atomic mass is 10.2. The first-order valence-electron chi connectivity index (χ1n) is 6.29. The van der Waals surface area contributed by atoms with Crippen LogP contribution in [0.25, 0.3) is 0 Å². The summed E-state index contributed by atoms with van der Waals surface area (Å²) in [6, 6.07) is 4.03. The zero-order chi connectivity index (χ0) is 15.5. The molecular weight excluding hydrogens is 300 g/mol. The largest absolute Gasteiger partial charge is 0.398 e. The number of rotatable bonds is 5. The number of amides is 1. The highest BCUT2D eigenvalue weighted by Crippen LogP contribution is 2.25. The molecule has 1 rings (SSSR count). The number of hydrogen-bond acceptors (Lipinski definition) is 4. The van der Waals surface area contributed by atoms with Gasteiger partial charge in [0.15, 0.2) is 9.84 Å². The van der Waals surface area contributed by atoms with Crippen LogP contribution in [0.4, 0.5) is 5.69 Å². The minimum absolute atomic E-state index is 0.0423. The third-order valence-electron chi connectivity index (χ3n) is 3.11. The van der Waals surface area contributed by atoms with Gasteiger partial charge < -0.3 is 11.1 Å². The van der Waals surface area contributed by atoms with Gasteiger partial charge in [-0.3, -0.25) is 4.79 Å². The number of carbonyl (C=O) groups is 1. The van der Waals surface area contributed by atoms with E-state index in [2.05, 4.69) is 5.32 Å². The Balaban J connectivity index is 3.07. The standard InChI is InChI=1S/C13H19ClN2O3S/c1-4-8(2)16-13(17)9(3)20(18,19)12-6-5-10(14)7-11(12)15/h5-9H,4,15H2,1-3H3,(H,16,17). The second kappa shape index (κ2) is 6.45. The highest BCUT2D eigenvalue weighted by Gasteiger charge is 2.31. The van der Waals surface area contributed by atoms with Crippen molar-refractivity contribution in [2.75, 3.05) is 5.73 Å². The summed E-state index contributed by atoms with van der Waals surface area (Å²) in [6.07, 6.45) is 0.724. The number of carbonyl (C=O) groups excluding carboxylic acids is 1. The van der Waals surface area contributed by atoms with Crippen LogP contribution in [0.1, 0.15) is 27.2 Å². The van der Waals surface area contributed by atoms with Gasteiger partial charge in [0.25, 0.3) is 0 Å². The van der Waals surface area contributed by atoms with Crippen molar-refractivity contribution >= 4 is 33.0 Å². The highest BCUT2D eigenvalue weighted by molar-refractivity contribution is 7.93. The molecule has 2 atom stereocenters. The molecule has 1 aromatic carbocycles. The van der Waals surface area contributed by atoms with E-state index in [0.717, 1.165) is 6.42 Å². The van der Waals surface area contributed by atoms with Crippen molar-refractivity contribution in [3.05, 3.63) is 23.2 Å². The van der Waals surface area contributed by atoms with Gasteiger partial charge in [0.1, 0.15) is 5.25 Å². The van der Waals surface area contributed by atoms with E-state index in [1.165, 1.54) is 25.1 Å². The summed E-state index contributed by atoms with van der Waals surface area (Å²) in [4.78, 5) is 11.9. The summed E-state index contributed by atoms with van der Waals surface area (Å²) in [5, 5.41) is 1.79. The molecule has 112 valence electrons. The van der Waals surface area contributed by atoms with Crippen LogP contribution in [-0.2, 0) is 14.6 Å². The van der Waals surface area contributed by atoms with Crippen molar-refractivity contribution in [2.24, 2.45) is 0 Å². The van der Waals surface area contributed by atoms with Gasteiger partial charge in [-0.05, 0) is 38.5 Å². The molecule has 2 unspecified atom stereocenters. The molecule has 0 aromatic heterocycles. The summed E-state index contributed by atoms with van der Waals surface area (Å²) in [7, 11) is -3.84. The van der Waals surface area contributed by atoms with Gasteiger partial charge in [0, 0.05) is 11.1 Å². The molecule has 20 heavy (non-hydrogen) atoms. The monoisotopic (exact) mass is 318 g/mol. The molecule has 0 aliphatic rings. The quantitative estimate of drug-likeness (QED) is 0.813. The van der Waals surface area contributed by atoms with Crippen molar-refractivity contribution in [3.63, 3.8) is 0 Å². The molecule has 0 bridgehead atoms. The third-order valence-corrected chi connectivity index (χ3v) is 5.48. The maximum Gasteiger partial charge on any atom is 0.238 e. The maximum atomic E-state index is 12.4. The maximum absolute atomic E-state index is 12.4. The van der Waals surface area contributed by atoms with Gasteiger partial charge in [0.2, 0.25) is 5.91 Å².